The van der Waals surface area contributed by atoms with Gasteiger partial charge in [0.2, 0.25) is 5.91 Å². The number of benzene rings is 1. The first-order valence-electron chi connectivity index (χ1n) is 4.68. The number of nitrogens with one attached hydrogen (secondary N) is 1. The molecule has 0 aliphatic rings. The highest BCUT2D eigenvalue weighted by molar-refractivity contribution is 8.13. The van der Waals surface area contributed by atoms with Crippen molar-refractivity contribution in [2.75, 3.05) is 11.2 Å². The van der Waals surface area contributed by atoms with Crippen LogP contribution in [0.4, 0.5) is 5.69 Å². The number of carbonyl (C=O) groups excluding carboxylic acids is 1. The van der Waals surface area contributed by atoms with E-state index in [4.69, 9.17) is 22.3 Å². The molecule has 0 saturated carbocycles. The molecule has 1 N–H and O–H groups in total. The number of carbonyl (C=O) groups is 1. The zero-order valence-electron chi connectivity index (χ0n) is 9.25. The smallest absolute Gasteiger partial charge is 0.261 e. The molecule has 17 heavy (non-hydrogen) atoms. The summed E-state index contributed by atoms with van der Waals surface area (Å²) >= 11 is 5.38. The molecule has 0 atom stereocenters. The fourth-order valence-electron chi connectivity index (χ4n) is 1.46. The molecular weight excluding hydrogens is 285 g/mol. The first kappa shape index (κ1) is 14.3. The Kier molecular flexibility index (Phi) is 4.41. The van der Waals surface area contributed by atoms with Crippen LogP contribution in [0.5, 0.6) is 0 Å². The van der Waals surface area contributed by atoms with Gasteiger partial charge in [-0.05, 0) is 31.0 Å². The van der Waals surface area contributed by atoms with Gasteiger partial charge in [0.1, 0.15) is 5.88 Å². The number of amides is 1. The van der Waals surface area contributed by atoms with E-state index < -0.39 is 15.0 Å². The summed E-state index contributed by atoms with van der Waals surface area (Å²) in [5.74, 6) is -0.599. The molecule has 0 aliphatic carbocycles. The third kappa shape index (κ3) is 3.34. The third-order valence-electron chi connectivity index (χ3n) is 2.27. The molecule has 1 aromatic rings. The number of anilines is 1. The van der Waals surface area contributed by atoms with Gasteiger partial charge in [-0.25, -0.2) is 8.42 Å². The van der Waals surface area contributed by atoms with Crippen molar-refractivity contribution in [2.45, 2.75) is 18.7 Å². The van der Waals surface area contributed by atoms with Gasteiger partial charge in [0.05, 0.1) is 4.90 Å². The summed E-state index contributed by atoms with van der Waals surface area (Å²) in [6.45, 7) is 3.33. The molecule has 0 aromatic heterocycles. The number of aryl methyl sites for hydroxylation is 1. The van der Waals surface area contributed by atoms with Gasteiger partial charge >= 0.3 is 0 Å². The highest BCUT2D eigenvalue weighted by Gasteiger charge is 2.18. The van der Waals surface area contributed by atoms with E-state index in [1.54, 1.807) is 19.9 Å². The van der Waals surface area contributed by atoms with Crippen LogP contribution in [0.2, 0.25) is 0 Å². The predicted octanol–water partition coefficient (Wildman–Crippen LogP) is 2.41. The van der Waals surface area contributed by atoms with Crippen LogP contribution in [0.15, 0.2) is 17.0 Å². The number of rotatable bonds is 3. The van der Waals surface area contributed by atoms with Crippen molar-refractivity contribution in [1.82, 2.24) is 0 Å². The second kappa shape index (κ2) is 5.25. The van der Waals surface area contributed by atoms with Crippen LogP contribution < -0.4 is 5.32 Å². The molecular formula is C10H11Cl2NO3S. The van der Waals surface area contributed by atoms with Gasteiger partial charge in [-0.15, -0.1) is 11.6 Å². The topological polar surface area (TPSA) is 63.2 Å². The predicted molar refractivity (Wildman–Crippen MR) is 68.3 cm³/mol. The lowest BCUT2D eigenvalue weighted by molar-refractivity contribution is -0.113. The lowest BCUT2D eigenvalue weighted by atomic mass is 10.1. The highest BCUT2D eigenvalue weighted by atomic mass is 35.7. The summed E-state index contributed by atoms with van der Waals surface area (Å²) in [6.07, 6.45) is 0. The summed E-state index contributed by atoms with van der Waals surface area (Å²) in [4.78, 5) is 11.2. The summed E-state index contributed by atoms with van der Waals surface area (Å²) < 4.78 is 22.6. The van der Waals surface area contributed by atoms with Crippen LogP contribution >= 0.6 is 22.3 Å². The Hall–Kier alpha value is -0.780. The van der Waals surface area contributed by atoms with Crippen molar-refractivity contribution in [3.63, 3.8) is 0 Å². The average Bonchev–Trinajstić information content (AvgIpc) is 2.21. The van der Waals surface area contributed by atoms with Crippen molar-refractivity contribution in [1.29, 1.82) is 0 Å². The Bertz CT molecular complexity index is 555. The van der Waals surface area contributed by atoms with Gasteiger partial charge in [-0.2, -0.15) is 0 Å². The van der Waals surface area contributed by atoms with Gasteiger partial charge in [0, 0.05) is 16.4 Å². The molecule has 0 unspecified atom stereocenters. The third-order valence-corrected chi connectivity index (χ3v) is 3.98. The van der Waals surface area contributed by atoms with Crippen molar-refractivity contribution < 1.29 is 13.2 Å². The number of hydrogen-bond acceptors (Lipinski definition) is 3. The average molecular weight is 296 g/mol. The summed E-state index contributed by atoms with van der Waals surface area (Å²) in [6, 6.07) is 2.98. The van der Waals surface area contributed by atoms with E-state index in [2.05, 4.69) is 5.32 Å². The molecule has 0 fully saturated rings. The molecule has 4 nitrogen and oxygen atoms in total. The summed E-state index contributed by atoms with van der Waals surface area (Å²) in [5, 5.41) is 2.55. The van der Waals surface area contributed by atoms with Gasteiger partial charge in [0.25, 0.3) is 9.05 Å². The maximum absolute atomic E-state index is 11.3. The lowest BCUT2D eigenvalue weighted by Gasteiger charge is -2.13. The van der Waals surface area contributed by atoms with E-state index in [1.807, 2.05) is 0 Å². The van der Waals surface area contributed by atoms with Gasteiger partial charge in [-0.3, -0.25) is 4.79 Å². The molecule has 0 spiro atoms. The summed E-state index contributed by atoms with van der Waals surface area (Å²) in [7, 11) is 1.46. The molecule has 7 heteroatoms. The number of hydrogen-bond donors (Lipinski definition) is 1. The van der Waals surface area contributed by atoms with E-state index >= 15 is 0 Å². The Labute approximate surface area is 109 Å². The molecule has 0 saturated heterocycles. The van der Waals surface area contributed by atoms with Gasteiger partial charge in [0.15, 0.2) is 0 Å². The Morgan fingerprint density at radius 1 is 1.35 bits per heavy atom. The number of alkyl halides is 1. The van der Waals surface area contributed by atoms with Crippen LogP contribution in [0.1, 0.15) is 11.1 Å². The fourth-order valence-corrected chi connectivity index (χ4v) is 2.72. The molecule has 0 radical (unpaired) electrons. The molecule has 0 aliphatic heterocycles. The first-order chi connectivity index (χ1) is 7.77. The lowest BCUT2D eigenvalue weighted by Crippen LogP contribution is -2.15. The van der Waals surface area contributed by atoms with Gasteiger partial charge in [-0.1, -0.05) is 6.07 Å². The largest absolute Gasteiger partial charge is 0.325 e. The van der Waals surface area contributed by atoms with Crippen molar-refractivity contribution >= 4 is 42.9 Å². The highest BCUT2D eigenvalue weighted by Crippen LogP contribution is 2.28. The maximum Gasteiger partial charge on any atom is 0.261 e. The first-order valence-corrected chi connectivity index (χ1v) is 7.52. The molecule has 1 aromatic carbocycles. The Morgan fingerprint density at radius 2 is 1.94 bits per heavy atom. The molecule has 0 bridgehead atoms. The van der Waals surface area contributed by atoms with E-state index in [0.29, 0.717) is 11.3 Å². The van der Waals surface area contributed by atoms with Gasteiger partial charge < -0.3 is 5.32 Å². The zero-order chi connectivity index (χ0) is 13.2. The fraction of sp³-hybridized carbons (Fsp3) is 0.300. The second-order valence-corrected chi connectivity index (χ2v) is 6.30. The Morgan fingerprint density at radius 3 is 2.41 bits per heavy atom. The monoisotopic (exact) mass is 295 g/mol. The van der Waals surface area contributed by atoms with E-state index in [-0.39, 0.29) is 10.8 Å². The molecule has 94 valence electrons. The normalized spacial score (nSPS) is 11.3. The second-order valence-electron chi connectivity index (χ2n) is 3.50. The minimum absolute atomic E-state index is 0.0189. The standard InChI is InChI=1S/C10H11Cl2NO3S/c1-6-3-4-8(17(12,15)16)7(2)10(6)13-9(14)5-11/h3-4H,5H2,1-2H3,(H,13,14). The van der Waals surface area contributed by atoms with Crippen molar-refractivity contribution in [3.8, 4) is 0 Å². The van der Waals surface area contributed by atoms with Crippen molar-refractivity contribution in [2.24, 2.45) is 0 Å². The Balaban J connectivity index is 3.35. The molecule has 1 rings (SSSR count). The molecule has 1 amide bonds. The van der Waals surface area contributed by atoms with E-state index in [1.165, 1.54) is 6.07 Å². The minimum Gasteiger partial charge on any atom is -0.325 e. The number of halogens is 2. The summed E-state index contributed by atoms with van der Waals surface area (Å²) in [5.41, 5.74) is 1.57. The van der Waals surface area contributed by atoms with Crippen LogP contribution in [0.3, 0.4) is 0 Å². The SMILES string of the molecule is Cc1ccc(S(=O)(=O)Cl)c(C)c1NC(=O)CCl. The van der Waals surface area contributed by atoms with Crippen LogP contribution in [0.25, 0.3) is 0 Å². The zero-order valence-corrected chi connectivity index (χ0v) is 11.6. The van der Waals surface area contributed by atoms with E-state index in [0.717, 1.165) is 5.56 Å². The van der Waals surface area contributed by atoms with Crippen molar-refractivity contribution in [3.05, 3.63) is 23.3 Å². The van der Waals surface area contributed by atoms with E-state index in [9.17, 15) is 13.2 Å². The quantitative estimate of drug-likeness (QED) is 0.688. The van der Waals surface area contributed by atoms with Crippen LogP contribution in [-0.4, -0.2) is 20.2 Å². The van der Waals surface area contributed by atoms with Crippen LogP contribution in [-0.2, 0) is 13.8 Å². The minimum atomic E-state index is -3.83. The van der Waals surface area contributed by atoms with Crippen LogP contribution in [0, 0.1) is 13.8 Å². The maximum atomic E-state index is 11.3. The molecule has 0 heterocycles.